The quantitative estimate of drug-likeness (QED) is 0.777. The number of aromatic nitrogens is 3. The summed E-state index contributed by atoms with van der Waals surface area (Å²) in [7, 11) is 3.83. The number of pyridine rings is 1. The maximum absolute atomic E-state index is 4.16. The van der Waals surface area contributed by atoms with Crippen LogP contribution in [0.15, 0.2) is 30.9 Å². The first-order valence-corrected chi connectivity index (χ1v) is 4.42. The molecule has 0 aliphatic carbocycles. The highest BCUT2D eigenvalue weighted by Gasteiger charge is 2.02. The molecule has 4 nitrogen and oxygen atoms in total. The Morgan fingerprint density at radius 2 is 2.29 bits per heavy atom. The zero-order valence-electron chi connectivity index (χ0n) is 8.23. The summed E-state index contributed by atoms with van der Waals surface area (Å²) in [6.07, 6.45) is 5.41. The van der Waals surface area contributed by atoms with Crippen LogP contribution in [0.1, 0.15) is 0 Å². The summed E-state index contributed by atoms with van der Waals surface area (Å²) in [5.41, 5.74) is 2.20. The van der Waals surface area contributed by atoms with Crippen LogP contribution in [-0.4, -0.2) is 21.6 Å². The molecule has 1 N–H and O–H groups in total. The van der Waals surface area contributed by atoms with Gasteiger partial charge in [-0.05, 0) is 12.1 Å². The number of hydrogen-bond acceptors (Lipinski definition) is 3. The van der Waals surface area contributed by atoms with Gasteiger partial charge in [0.15, 0.2) is 0 Å². The van der Waals surface area contributed by atoms with Gasteiger partial charge in [-0.1, -0.05) is 0 Å². The Balaban J connectivity index is 2.47. The lowest BCUT2D eigenvalue weighted by molar-refractivity contribution is 0.921. The summed E-state index contributed by atoms with van der Waals surface area (Å²) in [6, 6.07) is 3.97. The Morgan fingerprint density at radius 3 is 2.93 bits per heavy atom. The molecule has 0 amide bonds. The maximum Gasteiger partial charge on any atom is 0.126 e. The molecule has 0 atom stereocenters. The summed E-state index contributed by atoms with van der Waals surface area (Å²) in [5.74, 6) is 0.865. The van der Waals surface area contributed by atoms with E-state index in [2.05, 4.69) is 15.3 Å². The molecule has 4 heteroatoms. The Kier molecular flexibility index (Phi) is 2.18. The van der Waals surface area contributed by atoms with Crippen LogP contribution in [0.5, 0.6) is 0 Å². The molecular weight excluding hydrogens is 176 g/mol. The van der Waals surface area contributed by atoms with E-state index in [1.54, 1.807) is 12.5 Å². The largest absolute Gasteiger partial charge is 0.373 e. The molecule has 72 valence electrons. The second kappa shape index (κ2) is 3.49. The van der Waals surface area contributed by atoms with E-state index in [0.29, 0.717) is 0 Å². The first kappa shape index (κ1) is 8.74. The first-order valence-electron chi connectivity index (χ1n) is 4.42. The van der Waals surface area contributed by atoms with Gasteiger partial charge in [-0.3, -0.25) is 0 Å². The van der Waals surface area contributed by atoms with Crippen LogP contribution in [0, 0.1) is 0 Å². The minimum atomic E-state index is 0.865. The lowest BCUT2D eigenvalue weighted by Crippen LogP contribution is -1.94. The Bertz CT molecular complexity index is 433. The number of imidazole rings is 1. The van der Waals surface area contributed by atoms with Gasteiger partial charge in [0.1, 0.15) is 5.82 Å². The van der Waals surface area contributed by atoms with Gasteiger partial charge in [0.2, 0.25) is 0 Å². The molecule has 0 bridgehead atoms. The van der Waals surface area contributed by atoms with Gasteiger partial charge in [-0.2, -0.15) is 0 Å². The molecule has 0 aliphatic rings. The summed E-state index contributed by atoms with van der Waals surface area (Å²) < 4.78 is 1.98. The van der Waals surface area contributed by atoms with E-state index in [9.17, 15) is 0 Å². The monoisotopic (exact) mass is 188 g/mol. The predicted molar refractivity (Wildman–Crippen MR) is 56.0 cm³/mol. The van der Waals surface area contributed by atoms with E-state index >= 15 is 0 Å². The van der Waals surface area contributed by atoms with Crippen molar-refractivity contribution < 1.29 is 0 Å². The van der Waals surface area contributed by atoms with Crippen molar-refractivity contribution >= 4 is 5.82 Å². The molecule has 0 radical (unpaired) electrons. The SMILES string of the molecule is CNc1cc(-c2cncn2C)ccn1. The molecule has 0 saturated carbocycles. The van der Waals surface area contributed by atoms with Crippen LogP contribution < -0.4 is 5.32 Å². The van der Waals surface area contributed by atoms with Crippen molar-refractivity contribution in [1.29, 1.82) is 0 Å². The second-order valence-electron chi connectivity index (χ2n) is 3.07. The third-order valence-electron chi connectivity index (χ3n) is 2.13. The van der Waals surface area contributed by atoms with E-state index < -0.39 is 0 Å². The lowest BCUT2D eigenvalue weighted by atomic mass is 10.2. The van der Waals surface area contributed by atoms with E-state index in [1.165, 1.54) is 0 Å². The zero-order chi connectivity index (χ0) is 9.97. The van der Waals surface area contributed by atoms with Gasteiger partial charge in [-0.15, -0.1) is 0 Å². The molecule has 0 aliphatic heterocycles. The van der Waals surface area contributed by atoms with Crippen molar-refractivity contribution in [2.24, 2.45) is 7.05 Å². The number of rotatable bonds is 2. The van der Waals surface area contributed by atoms with Crippen molar-refractivity contribution in [1.82, 2.24) is 14.5 Å². The standard InChI is InChI=1S/C10H12N4/c1-11-10-5-8(3-4-13-10)9-6-12-7-14(9)2/h3-7H,1-2H3,(H,11,13). The Labute approximate surface area is 82.6 Å². The third-order valence-corrected chi connectivity index (χ3v) is 2.13. The molecule has 2 rings (SSSR count). The number of nitrogens with zero attached hydrogens (tertiary/aromatic N) is 3. The highest BCUT2D eigenvalue weighted by Crippen LogP contribution is 2.19. The van der Waals surface area contributed by atoms with Crippen molar-refractivity contribution in [2.75, 3.05) is 12.4 Å². The van der Waals surface area contributed by atoms with Crippen LogP contribution in [0.3, 0.4) is 0 Å². The van der Waals surface area contributed by atoms with Gasteiger partial charge in [-0.25, -0.2) is 9.97 Å². The normalized spacial score (nSPS) is 10.1. The van der Waals surface area contributed by atoms with Crippen LogP contribution >= 0.6 is 0 Å². The van der Waals surface area contributed by atoms with Crippen LogP contribution in [-0.2, 0) is 7.05 Å². The van der Waals surface area contributed by atoms with Crippen LogP contribution in [0.4, 0.5) is 5.82 Å². The minimum Gasteiger partial charge on any atom is -0.373 e. The molecule has 0 aromatic carbocycles. The van der Waals surface area contributed by atoms with Crippen molar-refractivity contribution in [2.45, 2.75) is 0 Å². The average Bonchev–Trinajstić information content (AvgIpc) is 2.65. The fraction of sp³-hybridized carbons (Fsp3) is 0.200. The molecule has 14 heavy (non-hydrogen) atoms. The predicted octanol–water partition coefficient (Wildman–Crippen LogP) is 1.52. The highest BCUT2D eigenvalue weighted by atomic mass is 15.0. The highest BCUT2D eigenvalue weighted by molar-refractivity contribution is 5.62. The van der Waals surface area contributed by atoms with E-state index in [0.717, 1.165) is 17.1 Å². The van der Waals surface area contributed by atoms with Gasteiger partial charge in [0, 0.05) is 25.9 Å². The van der Waals surface area contributed by atoms with E-state index in [1.807, 2.05) is 37.0 Å². The van der Waals surface area contributed by atoms with Crippen molar-refractivity contribution in [3.63, 3.8) is 0 Å². The number of aryl methyl sites for hydroxylation is 1. The topological polar surface area (TPSA) is 42.7 Å². The molecule has 0 saturated heterocycles. The summed E-state index contributed by atoms with van der Waals surface area (Å²) >= 11 is 0. The van der Waals surface area contributed by atoms with Crippen molar-refractivity contribution in [3.05, 3.63) is 30.9 Å². The second-order valence-corrected chi connectivity index (χ2v) is 3.07. The van der Waals surface area contributed by atoms with E-state index in [-0.39, 0.29) is 0 Å². The van der Waals surface area contributed by atoms with Gasteiger partial charge < -0.3 is 9.88 Å². The zero-order valence-corrected chi connectivity index (χ0v) is 8.23. The van der Waals surface area contributed by atoms with Gasteiger partial charge >= 0.3 is 0 Å². The fourth-order valence-corrected chi connectivity index (χ4v) is 1.36. The number of hydrogen-bond donors (Lipinski definition) is 1. The summed E-state index contributed by atoms with van der Waals surface area (Å²) in [6.45, 7) is 0. The first-order chi connectivity index (χ1) is 6.81. The molecular formula is C10H12N4. The molecule has 2 heterocycles. The Morgan fingerprint density at radius 1 is 1.43 bits per heavy atom. The number of anilines is 1. The smallest absolute Gasteiger partial charge is 0.126 e. The average molecular weight is 188 g/mol. The maximum atomic E-state index is 4.16. The van der Waals surface area contributed by atoms with Crippen LogP contribution in [0.25, 0.3) is 11.3 Å². The van der Waals surface area contributed by atoms with Gasteiger partial charge in [0.25, 0.3) is 0 Å². The van der Waals surface area contributed by atoms with Crippen LogP contribution in [0.2, 0.25) is 0 Å². The van der Waals surface area contributed by atoms with E-state index in [4.69, 9.17) is 0 Å². The summed E-state index contributed by atoms with van der Waals surface area (Å²) in [4.78, 5) is 8.23. The number of nitrogens with one attached hydrogen (secondary N) is 1. The Hall–Kier alpha value is -1.84. The van der Waals surface area contributed by atoms with Crippen molar-refractivity contribution in [3.8, 4) is 11.3 Å². The molecule has 2 aromatic rings. The third kappa shape index (κ3) is 1.46. The molecule has 0 spiro atoms. The summed E-state index contributed by atoms with van der Waals surface area (Å²) in [5, 5.41) is 3.01. The molecule has 0 fully saturated rings. The minimum absolute atomic E-state index is 0.865. The molecule has 2 aromatic heterocycles. The lowest BCUT2D eigenvalue weighted by Gasteiger charge is -2.04. The fourth-order valence-electron chi connectivity index (χ4n) is 1.36. The molecule has 0 unspecified atom stereocenters. The van der Waals surface area contributed by atoms with Gasteiger partial charge in [0.05, 0.1) is 18.2 Å².